The molecule has 0 amide bonds. The number of piperidine rings is 1. The van der Waals surface area contributed by atoms with Crippen LogP contribution in [0.25, 0.3) is 0 Å². The Morgan fingerprint density at radius 1 is 1.21 bits per heavy atom. The number of rotatable bonds is 5. The molecule has 3 heteroatoms. The lowest BCUT2D eigenvalue weighted by Gasteiger charge is -2.31. The first kappa shape index (κ1) is 13.1. The van der Waals surface area contributed by atoms with E-state index < -0.39 is 0 Å². The van der Waals surface area contributed by atoms with Crippen molar-refractivity contribution in [1.29, 1.82) is 0 Å². The standard InChI is InChI=1S/C16H25N3/c17-12-16(18-19-9-2-1-3-10-19)15-6-4-5-14(11-15)13-7-8-13/h4-6,11,13,16,18H,1-3,7-10,12,17H2. The fourth-order valence-electron chi connectivity index (χ4n) is 2.95. The number of benzene rings is 1. The first-order valence-electron chi connectivity index (χ1n) is 7.68. The summed E-state index contributed by atoms with van der Waals surface area (Å²) in [6.07, 6.45) is 6.67. The summed E-state index contributed by atoms with van der Waals surface area (Å²) in [4.78, 5) is 0. The second-order valence-electron chi connectivity index (χ2n) is 5.91. The molecule has 0 spiro atoms. The summed E-state index contributed by atoms with van der Waals surface area (Å²) in [5.41, 5.74) is 12.4. The molecule has 2 fully saturated rings. The summed E-state index contributed by atoms with van der Waals surface area (Å²) in [7, 11) is 0. The van der Waals surface area contributed by atoms with Crippen LogP contribution in [0.3, 0.4) is 0 Å². The van der Waals surface area contributed by atoms with E-state index in [-0.39, 0.29) is 6.04 Å². The zero-order chi connectivity index (χ0) is 13.1. The van der Waals surface area contributed by atoms with E-state index in [9.17, 15) is 0 Å². The molecule has 19 heavy (non-hydrogen) atoms. The van der Waals surface area contributed by atoms with E-state index >= 15 is 0 Å². The van der Waals surface area contributed by atoms with Crippen LogP contribution in [0.15, 0.2) is 24.3 Å². The lowest BCUT2D eigenvalue weighted by molar-refractivity contribution is 0.130. The second-order valence-corrected chi connectivity index (χ2v) is 5.91. The van der Waals surface area contributed by atoms with Gasteiger partial charge in [0.2, 0.25) is 0 Å². The molecule has 3 rings (SSSR count). The van der Waals surface area contributed by atoms with Gasteiger partial charge in [-0.25, -0.2) is 10.4 Å². The predicted octanol–water partition coefficient (Wildman–Crippen LogP) is 2.55. The first-order valence-corrected chi connectivity index (χ1v) is 7.68. The smallest absolute Gasteiger partial charge is 0.0587 e. The van der Waals surface area contributed by atoms with Gasteiger partial charge in [0.05, 0.1) is 6.04 Å². The molecule has 1 atom stereocenters. The molecule has 0 radical (unpaired) electrons. The van der Waals surface area contributed by atoms with Crippen molar-refractivity contribution in [1.82, 2.24) is 10.4 Å². The minimum atomic E-state index is 0.261. The van der Waals surface area contributed by atoms with E-state index in [1.165, 1.54) is 43.2 Å². The monoisotopic (exact) mass is 259 g/mol. The van der Waals surface area contributed by atoms with Crippen LogP contribution in [-0.2, 0) is 0 Å². The summed E-state index contributed by atoms with van der Waals surface area (Å²) in [6, 6.07) is 9.27. The third-order valence-corrected chi connectivity index (χ3v) is 4.29. The molecule has 2 aliphatic rings. The van der Waals surface area contributed by atoms with Crippen LogP contribution in [0, 0.1) is 0 Å². The van der Waals surface area contributed by atoms with Crippen LogP contribution in [-0.4, -0.2) is 24.6 Å². The van der Waals surface area contributed by atoms with Crippen molar-refractivity contribution in [3.05, 3.63) is 35.4 Å². The summed E-state index contributed by atoms with van der Waals surface area (Å²) < 4.78 is 0. The molecule has 0 aromatic heterocycles. The molecule has 1 heterocycles. The van der Waals surface area contributed by atoms with Crippen molar-refractivity contribution < 1.29 is 0 Å². The van der Waals surface area contributed by atoms with E-state index in [1.54, 1.807) is 0 Å². The topological polar surface area (TPSA) is 41.3 Å². The Morgan fingerprint density at radius 3 is 2.68 bits per heavy atom. The van der Waals surface area contributed by atoms with Gasteiger partial charge in [0.25, 0.3) is 0 Å². The molecule has 3 N–H and O–H groups in total. The number of hydrazine groups is 1. The molecule has 3 nitrogen and oxygen atoms in total. The molecular formula is C16H25N3. The highest BCUT2D eigenvalue weighted by atomic mass is 15.5. The van der Waals surface area contributed by atoms with E-state index in [1.807, 2.05) is 0 Å². The number of nitrogens with two attached hydrogens (primary N) is 1. The van der Waals surface area contributed by atoms with Crippen molar-refractivity contribution in [3.8, 4) is 0 Å². The zero-order valence-corrected chi connectivity index (χ0v) is 11.6. The van der Waals surface area contributed by atoms with E-state index in [0.29, 0.717) is 6.54 Å². The summed E-state index contributed by atoms with van der Waals surface area (Å²) >= 11 is 0. The van der Waals surface area contributed by atoms with Gasteiger partial charge in [0.15, 0.2) is 0 Å². The highest BCUT2D eigenvalue weighted by Gasteiger charge is 2.24. The van der Waals surface area contributed by atoms with Crippen molar-refractivity contribution in [2.24, 2.45) is 5.73 Å². The zero-order valence-electron chi connectivity index (χ0n) is 11.6. The number of nitrogens with one attached hydrogen (secondary N) is 1. The van der Waals surface area contributed by atoms with Crippen molar-refractivity contribution in [3.63, 3.8) is 0 Å². The molecule has 1 aliphatic carbocycles. The summed E-state index contributed by atoms with van der Waals surface area (Å²) in [5, 5.41) is 2.35. The molecule has 1 unspecified atom stereocenters. The van der Waals surface area contributed by atoms with E-state index in [2.05, 4.69) is 34.7 Å². The fourth-order valence-corrected chi connectivity index (χ4v) is 2.95. The molecule has 1 saturated carbocycles. The maximum Gasteiger partial charge on any atom is 0.0587 e. The van der Waals surface area contributed by atoms with Crippen molar-refractivity contribution in [2.75, 3.05) is 19.6 Å². The van der Waals surface area contributed by atoms with Gasteiger partial charge in [-0.15, -0.1) is 0 Å². The third kappa shape index (κ3) is 3.35. The van der Waals surface area contributed by atoms with E-state index in [0.717, 1.165) is 19.0 Å². The van der Waals surface area contributed by atoms with Gasteiger partial charge >= 0.3 is 0 Å². The Labute approximate surface area is 116 Å². The van der Waals surface area contributed by atoms with Gasteiger partial charge in [-0.1, -0.05) is 30.7 Å². The highest BCUT2D eigenvalue weighted by Crippen LogP contribution is 2.40. The normalized spacial score (nSPS) is 22.4. The molecule has 0 bridgehead atoms. The van der Waals surface area contributed by atoms with Crippen LogP contribution in [0.2, 0.25) is 0 Å². The van der Waals surface area contributed by atoms with Gasteiger partial charge in [-0.2, -0.15) is 0 Å². The largest absolute Gasteiger partial charge is 0.329 e. The van der Waals surface area contributed by atoms with Crippen LogP contribution < -0.4 is 11.2 Å². The minimum absolute atomic E-state index is 0.261. The number of nitrogens with zero attached hydrogens (tertiary/aromatic N) is 1. The molecule has 1 aromatic carbocycles. The first-order chi connectivity index (χ1) is 9.36. The SMILES string of the molecule is NCC(NN1CCCCC1)c1cccc(C2CC2)c1. The molecule has 1 aliphatic heterocycles. The maximum absolute atomic E-state index is 5.97. The summed E-state index contributed by atoms with van der Waals surface area (Å²) in [5.74, 6) is 0.813. The third-order valence-electron chi connectivity index (χ3n) is 4.29. The number of hydrogen-bond donors (Lipinski definition) is 2. The van der Waals surface area contributed by atoms with Gasteiger partial charge in [0, 0.05) is 19.6 Å². The van der Waals surface area contributed by atoms with Crippen LogP contribution in [0.1, 0.15) is 55.2 Å². The fraction of sp³-hybridized carbons (Fsp3) is 0.625. The maximum atomic E-state index is 5.97. The highest BCUT2D eigenvalue weighted by molar-refractivity contribution is 5.31. The molecular weight excluding hydrogens is 234 g/mol. The Balaban J connectivity index is 1.68. The van der Waals surface area contributed by atoms with Crippen molar-refractivity contribution in [2.45, 2.75) is 44.1 Å². The number of hydrogen-bond acceptors (Lipinski definition) is 3. The minimum Gasteiger partial charge on any atom is -0.329 e. The van der Waals surface area contributed by atoms with Crippen LogP contribution >= 0.6 is 0 Å². The Bertz CT molecular complexity index is 408. The predicted molar refractivity (Wildman–Crippen MR) is 78.8 cm³/mol. The molecule has 104 valence electrons. The van der Waals surface area contributed by atoms with Crippen molar-refractivity contribution >= 4 is 0 Å². The lowest BCUT2D eigenvalue weighted by atomic mass is 10.0. The van der Waals surface area contributed by atoms with Gasteiger partial charge in [-0.3, -0.25) is 0 Å². The Hall–Kier alpha value is -0.900. The lowest BCUT2D eigenvalue weighted by Crippen LogP contribution is -2.45. The average molecular weight is 259 g/mol. The van der Waals surface area contributed by atoms with Gasteiger partial charge < -0.3 is 5.73 Å². The summed E-state index contributed by atoms with van der Waals surface area (Å²) in [6.45, 7) is 2.96. The Morgan fingerprint density at radius 2 is 2.00 bits per heavy atom. The second kappa shape index (κ2) is 6.04. The molecule has 1 aromatic rings. The molecule has 1 saturated heterocycles. The average Bonchev–Trinajstić information content (AvgIpc) is 3.31. The van der Waals surface area contributed by atoms with Gasteiger partial charge in [0.1, 0.15) is 0 Å². The van der Waals surface area contributed by atoms with Crippen LogP contribution in [0.4, 0.5) is 0 Å². The van der Waals surface area contributed by atoms with E-state index in [4.69, 9.17) is 5.73 Å². The Kier molecular flexibility index (Phi) is 4.16. The quantitative estimate of drug-likeness (QED) is 0.854. The van der Waals surface area contributed by atoms with Crippen LogP contribution in [0.5, 0.6) is 0 Å². The van der Waals surface area contributed by atoms with Gasteiger partial charge in [-0.05, 0) is 42.7 Å².